The molecular weight excluding hydrogens is 380 g/mol. The monoisotopic (exact) mass is 391 g/mol. The Hall–Kier alpha value is -2.84. The zero-order chi connectivity index (χ0) is 18.4. The van der Waals surface area contributed by atoms with Gasteiger partial charge in [0, 0.05) is 5.69 Å². The smallest absolute Gasteiger partial charge is 0.199 e. The fourth-order valence-corrected chi connectivity index (χ4v) is 3.70. The van der Waals surface area contributed by atoms with Gasteiger partial charge < -0.3 is 16.8 Å². The van der Waals surface area contributed by atoms with Crippen molar-refractivity contribution < 1.29 is 8.78 Å². The van der Waals surface area contributed by atoms with Crippen LogP contribution in [0.1, 0.15) is 0 Å². The molecule has 0 radical (unpaired) electrons. The summed E-state index contributed by atoms with van der Waals surface area (Å²) in [6, 6.07) is 10.1. The number of fused-ring (bicyclic) bond motifs is 1. The number of nitrogens with zero attached hydrogens (tertiary/aromatic N) is 2. The van der Waals surface area contributed by atoms with Crippen LogP contribution in [-0.2, 0) is 0 Å². The highest BCUT2D eigenvalue weighted by atomic mass is 35.5. The number of thiazole rings is 1. The summed E-state index contributed by atoms with van der Waals surface area (Å²) in [5.74, 6) is -0.215. The Morgan fingerprint density at radius 1 is 1.08 bits per heavy atom. The van der Waals surface area contributed by atoms with E-state index < -0.39 is 5.82 Å². The van der Waals surface area contributed by atoms with E-state index in [4.69, 9.17) is 23.1 Å². The average Bonchev–Trinajstić information content (AvgIpc) is 3.07. The van der Waals surface area contributed by atoms with Crippen LogP contribution in [0.2, 0.25) is 5.02 Å². The molecule has 0 atom stereocenters. The third-order valence-corrected chi connectivity index (χ3v) is 5.05. The molecule has 0 bridgehead atoms. The van der Waals surface area contributed by atoms with E-state index in [0.29, 0.717) is 21.5 Å². The van der Waals surface area contributed by atoms with Crippen LogP contribution >= 0.6 is 22.9 Å². The van der Waals surface area contributed by atoms with Crippen molar-refractivity contribution in [3.63, 3.8) is 0 Å². The minimum Gasteiger partial charge on any atom is -0.387 e. The molecule has 0 unspecified atom stereocenters. The van der Waals surface area contributed by atoms with Gasteiger partial charge in [0.15, 0.2) is 4.96 Å². The molecule has 2 heterocycles. The molecule has 0 fully saturated rings. The number of hydrogen-bond acceptors (Lipinski definition) is 5. The van der Waals surface area contributed by atoms with Crippen LogP contribution < -0.4 is 16.8 Å². The highest BCUT2D eigenvalue weighted by Gasteiger charge is 2.23. The number of nitrogen functional groups attached to an aromatic ring is 2. The highest BCUT2D eigenvalue weighted by molar-refractivity contribution is 7.21. The maximum Gasteiger partial charge on any atom is 0.199 e. The molecule has 2 aromatic heterocycles. The predicted octanol–water partition coefficient (Wildman–Crippen LogP) is 4.90. The van der Waals surface area contributed by atoms with Crippen molar-refractivity contribution in [2.75, 3.05) is 16.8 Å². The first-order chi connectivity index (χ1) is 12.5. The van der Waals surface area contributed by atoms with Crippen LogP contribution in [0.3, 0.4) is 0 Å². The minimum atomic E-state index is -0.517. The summed E-state index contributed by atoms with van der Waals surface area (Å²) in [4.78, 5) is 4.95. The van der Waals surface area contributed by atoms with E-state index in [-0.39, 0.29) is 27.9 Å². The van der Waals surface area contributed by atoms with E-state index in [0.717, 1.165) is 0 Å². The predicted molar refractivity (Wildman–Crippen MR) is 102 cm³/mol. The SMILES string of the molecule is Nc1sc2nc(-c3c(F)cccc3Cl)c(Nc3ccc(F)cc3)n2c1N. The number of nitrogens with one attached hydrogen (secondary N) is 1. The first-order valence-electron chi connectivity index (χ1n) is 7.49. The van der Waals surface area contributed by atoms with Gasteiger partial charge in [0.25, 0.3) is 0 Å². The number of benzene rings is 2. The van der Waals surface area contributed by atoms with Crippen LogP contribution in [0.4, 0.5) is 31.1 Å². The van der Waals surface area contributed by atoms with Crippen LogP contribution in [-0.4, -0.2) is 9.38 Å². The second kappa shape index (κ2) is 6.15. The molecule has 0 saturated carbocycles. The number of rotatable bonds is 3. The maximum absolute atomic E-state index is 14.5. The van der Waals surface area contributed by atoms with Gasteiger partial charge in [-0.05, 0) is 36.4 Å². The topological polar surface area (TPSA) is 81.4 Å². The quantitative estimate of drug-likeness (QED) is 0.464. The molecule has 132 valence electrons. The zero-order valence-corrected chi connectivity index (χ0v) is 14.7. The molecule has 4 rings (SSSR count). The summed E-state index contributed by atoms with van der Waals surface area (Å²) in [7, 11) is 0. The van der Waals surface area contributed by atoms with E-state index in [1.165, 1.54) is 35.6 Å². The molecule has 5 nitrogen and oxygen atoms in total. The van der Waals surface area contributed by atoms with Gasteiger partial charge in [-0.2, -0.15) is 0 Å². The van der Waals surface area contributed by atoms with E-state index in [1.807, 2.05) is 0 Å². The highest BCUT2D eigenvalue weighted by Crippen LogP contribution is 2.41. The number of hydrogen-bond donors (Lipinski definition) is 3. The van der Waals surface area contributed by atoms with E-state index in [2.05, 4.69) is 10.3 Å². The molecule has 5 N–H and O–H groups in total. The second-order valence-corrected chi connectivity index (χ2v) is 6.92. The van der Waals surface area contributed by atoms with Crippen molar-refractivity contribution in [3.8, 4) is 11.3 Å². The maximum atomic E-state index is 14.5. The van der Waals surface area contributed by atoms with Gasteiger partial charge in [-0.25, -0.2) is 13.8 Å². The summed E-state index contributed by atoms with van der Waals surface area (Å²) >= 11 is 7.38. The Balaban J connectivity index is 1.97. The molecule has 2 aromatic carbocycles. The Bertz CT molecular complexity index is 1100. The summed E-state index contributed by atoms with van der Waals surface area (Å²) in [6.45, 7) is 0. The lowest BCUT2D eigenvalue weighted by molar-refractivity contribution is 0.628. The van der Waals surface area contributed by atoms with E-state index >= 15 is 0 Å². The molecule has 0 aliphatic rings. The number of nitrogens with two attached hydrogens (primary N) is 2. The second-order valence-electron chi connectivity index (χ2n) is 5.51. The molecule has 4 aromatic rings. The van der Waals surface area contributed by atoms with Gasteiger partial charge in [0.2, 0.25) is 0 Å². The van der Waals surface area contributed by atoms with E-state index in [9.17, 15) is 8.78 Å². The molecule has 9 heteroatoms. The molecule has 0 aliphatic heterocycles. The Labute approximate surface area is 155 Å². The van der Waals surface area contributed by atoms with Crippen molar-refractivity contribution in [2.24, 2.45) is 0 Å². The number of aromatic nitrogens is 2. The molecule has 0 amide bonds. The molecule has 26 heavy (non-hydrogen) atoms. The summed E-state index contributed by atoms with van der Waals surface area (Å²) < 4.78 is 29.2. The molecule has 0 spiro atoms. The Kier molecular flexibility index (Phi) is 3.93. The first kappa shape index (κ1) is 16.6. The standard InChI is InChI=1S/C17H12ClF2N5S/c18-10-2-1-3-11(20)12(10)13-16(23-9-6-4-8(19)5-7-9)25-14(21)15(22)26-17(25)24-13/h1-7,23H,21-22H2. The van der Waals surface area contributed by atoms with Crippen molar-refractivity contribution in [1.82, 2.24) is 9.38 Å². The average molecular weight is 392 g/mol. The fourth-order valence-electron chi connectivity index (χ4n) is 2.64. The number of imidazole rings is 1. The zero-order valence-electron chi connectivity index (χ0n) is 13.1. The Morgan fingerprint density at radius 2 is 1.81 bits per heavy atom. The summed E-state index contributed by atoms with van der Waals surface area (Å²) in [5, 5.41) is 3.71. The van der Waals surface area contributed by atoms with Gasteiger partial charge in [-0.15, -0.1) is 0 Å². The number of anilines is 4. The lowest BCUT2D eigenvalue weighted by atomic mass is 10.1. The molecular formula is C17H12ClF2N5S. The fraction of sp³-hybridized carbons (Fsp3) is 0. The first-order valence-corrected chi connectivity index (χ1v) is 8.68. The summed E-state index contributed by atoms with van der Waals surface area (Å²) in [5.41, 5.74) is 13.0. The van der Waals surface area contributed by atoms with Crippen molar-refractivity contribution in [2.45, 2.75) is 0 Å². The van der Waals surface area contributed by atoms with Crippen LogP contribution in [0.25, 0.3) is 16.2 Å². The van der Waals surface area contributed by atoms with Crippen LogP contribution in [0.5, 0.6) is 0 Å². The number of halogens is 3. The minimum absolute atomic E-state index is 0.146. The van der Waals surface area contributed by atoms with Gasteiger partial charge in [-0.1, -0.05) is 29.0 Å². The van der Waals surface area contributed by atoms with Crippen molar-refractivity contribution in [3.05, 3.63) is 59.1 Å². The van der Waals surface area contributed by atoms with E-state index in [1.54, 1.807) is 22.6 Å². The van der Waals surface area contributed by atoms with Gasteiger partial charge in [0.05, 0.1) is 10.6 Å². The lowest BCUT2D eigenvalue weighted by Gasteiger charge is -2.11. The summed E-state index contributed by atoms with van der Waals surface area (Å²) in [6.07, 6.45) is 0. The lowest BCUT2D eigenvalue weighted by Crippen LogP contribution is -2.01. The third kappa shape index (κ3) is 2.63. The van der Waals surface area contributed by atoms with Crippen LogP contribution in [0.15, 0.2) is 42.5 Å². The largest absolute Gasteiger partial charge is 0.387 e. The van der Waals surface area contributed by atoms with Crippen molar-refractivity contribution >= 4 is 50.2 Å². The molecule has 0 saturated heterocycles. The van der Waals surface area contributed by atoms with Gasteiger partial charge in [0.1, 0.15) is 34.0 Å². The van der Waals surface area contributed by atoms with Gasteiger partial charge in [-0.3, -0.25) is 4.40 Å². The van der Waals surface area contributed by atoms with Crippen LogP contribution in [0, 0.1) is 11.6 Å². The Morgan fingerprint density at radius 3 is 2.50 bits per heavy atom. The molecule has 0 aliphatic carbocycles. The van der Waals surface area contributed by atoms with Crippen molar-refractivity contribution in [1.29, 1.82) is 0 Å². The normalized spacial score (nSPS) is 11.2. The van der Waals surface area contributed by atoms with Gasteiger partial charge >= 0.3 is 0 Å². The third-order valence-electron chi connectivity index (χ3n) is 3.85.